The Kier molecular flexibility index (Phi) is 3.83. The Morgan fingerprint density at radius 3 is 2.53 bits per heavy atom. The fourth-order valence-electron chi connectivity index (χ4n) is 3.21. The molecule has 2 atom stereocenters. The van der Waals surface area contributed by atoms with Crippen molar-refractivity contribution >= 4 is 5.84 Å². The average Bonchev–Trinajstić information content (AvgIpc) is 3.27. The zero-order valence-electron chi connectivity index (χ0n) is 11.4. The van der Waals surface area contributed by atoms with Gasteiger partial charge in [0.2, 0.25) is 0 Å². The summed E-state index contributed by atoms with van der Waals surface area (Å²) in [4.78, 5) is 4.87. The molecule has 2 fully saturated rings. The summed E-state index contributed by atoms with van der Waals surface area (Å²) >= 11 is 0. The molecule has 2 unspecified atom stereocenters. The van der Waals surface area contributed by atoms with E-state index in [9.17, 15) is 0 Å². The fraction of sp³-hybridized carbons (Fsp3) is 0.562. The van der Waals surface area contributed by atoms with Gasteiger partial charge in [-0.25, -0.2) is 5.84 Å². The second kappa shape index (κ2) is 5.74. The number of amidine groups is 1. The Morgan fingerprint density at radius 1 is 1.11 bits per heavy atom. The van der Waals surface area contributed by atoms with Gasteiger partial charge in [-0.1, -0.05) is 49.6 Å². The highest BCUT2D eigenvalue weighted by atomic mass is 15.3. The molecule has 2 saturated carbocycles. The first-order chi connectivity index (χ1) is 9.38. The van der Waals surface area contributed by atoms with Gasteiger partial charge in [0.05, 0.1) is 6.04 Å². The lowest BCUT2D eigenvalue weighted by atomic mass is 9.96. The van der Waals surface area contributed by atoms with Gasteiger partial charge in [-0.15, -0.1) is 0 Å². The van der Waals surface area contributed by atoms with Crippen molar-refractivity contribution in [2.75, 3.05) is 0 Å². The first-order valence-corrected chi connectivity index (χ1v) is 7.47. The van der Waals surface area contributed by atoms with Crippen LogP contribution in [0, 0.1) is 5.92 Å². The van der Waals surface area contributed by atoms with Crippen LogP contribution in [0.3, 0.4) is 0 Å². The normalized spacial score (nSPS) is 28.2. The van der Waals surface area contributed by atoms with E-state index in [2.05, 4.69) is 35.8 Å². The second-order valence-electron chi connectivity index (χ2n) is 5.81. The van der Waals surface area contributed by atoms with Crippen LogP contribution in [0.5, 0.6) is 0 Å². The highest BCUT2D eigenvalue weighted by Gasteiger charge is 2.42. The van der Waals surface area contributed by atoms with Gasteiger partial charge in [-0.3, -0.25) is 4.99 Å². The molecule has 0 spiro atoms. The Morgan fingerprint density at radius 2 is 1.84 bits per heavy atom. The number of benzene rings is 1. The monoisotopic (exact) mass is 257 g/mol. The summed E-state index contributed by atoms with van der Waals surface area (Å²) in [5, 5.41) is 0. The van der Waals surface area contributed by atoms with E-state index < -0.39 is 0 Å². The van der Waals surface area contributed by atoms with Crippen molar-refractivity contribution in [3.05, 3.63) is 35.9 Å². The van der Waals surface area contributed by atoms with Gasteiger partial charge in [0.15, 0.2) is 0 Å². The van der Waals surface area contributed by atoms with Gasteiger partial charge in [0.25, 0.3) is 0 Å². The molecule has 0 radical (unpaired) electrons. The number of hydrogen-bond acceptors (Lipinski definition) is 2. The minimum atomic E-state index is 0.497. The zero-order valence-corrected chi connectivity index (χ0v) is 11.4. The smallest absolute Gasteiger partial charge is 0.114 e. The van der Waals surface area contributed by atoms with Gasteiger partial charge < -0.3 is 5.43 Å². The molecule has 0 bridgehead atoms. The van der Waals surface area contributed by atoms with Crippen molar-refractivity contribution in [2.24, 2.45) is 16.8 Å². The summed E-state index contributed by atoms with van der Waals surface area (Å²) in [7, 11) is 0. The highest BCUT2D eigenvalue weighted by molar-refractivity contribution is 5.88. The average molecular weight is 257 g/mol. The maximum Gasteiger partial charge on any atom is 0.114 e. The molecule has 1 aromatic rings. The SMILES string of the molecule is NNC(=NC1CCCCC1)C1CC1c1ccccc1. The molecule has 102 valence electrons. The predicted octanol–water partition coefficient (Wildman–Crippen LogP) is 2.98. The third-order valence-electron chi connectivity index (χ3n) is 4.41. The number of nitrogens with one attached hydrogen (secondary N) is 1. The van der Waals surface area contributed by atoms with Crippen molar-refractivity contribution in [3.8, 4) is 0 Å². The quantitative estimate of drug-likeness (QED) is 0.378. The lowest BCUT2D eigenvalue weighted by Crippen LogP contribution is -2.34. The van der Waals surface area contributed by atoms with E-state index in [1.165, 1.54) is 44.1 Å². The molecule has 3 N–H and O–H groups in total. The fourth-order valence-corrected chi connectivity index (χ4v) is 3.21. The molecular formula is C16H23N3. The Labute approximate surface area is 115 Å². The maximum absolute atomic E-state index is 5.69. The van der Waals surface area contributed by atoms with Crippen LogP contribution in [0.1, 0.15) is 50.0 Å². The molecule has 2 aliphatic rings. The minimum Gasteiger partial charge on any atom is -0.312 e. The topological polar surface area (TPSA) is 50.4 Å². The number of hydrazine groups is 1. The third kappa shape index (κ3) is 2.98. The summed E-state index contributed by atoms with van der Waals surface area (Å²) in [5.74, 6) is 7.84. The van der Waals surface area contributed by atoms with Crippen molar-refractivity contribution in [1.82, 2.24) is 5.43 Å². The molecule has 0 aliphatic heterocycles. The van der Waals surface area contributed by atoms with Crippen LogP contribution in [0.15, 0.2) is 35.3 Å². The van der Waals surface area contributed by atoms with Crippen LogP contribution in [0.4, 0.5) is 0 Å². The van der Waals surface area contributed by atoms with E-state index in [0.717, 1.165) is 5.84 Å². The van der Waals surface area contributed by atoms with Crippen molar-refractivity contribution in [1.29, 1.82) is 0 Å². The number of nitrogens with zero attached hydrogens (tertiary/aromatic N) is 1. The largest absolute Gasteiger partial charge is 0.312 e. The third-order valence-corrected chi connectivity index (χ3v) is 4.41. The number of aliphatic imine (C=N–C) groups is 1. The van der Waals surface area contributed by atoms with E-state index in [-0.39, 0.29) is 0 Å². The summed E-state index contributed by atoms with van der Waals surface area (Å²) in [5.41, 5.74) is 4.28. The first kappa shape index (κ1) is 12.7. The van der Waals surface area contributed by atoms with E-state index in [4.69, 9.17) is 10.8 Å². The van der Waals surface area contributed by atoms with E-state index in [1.54, 1.807) is 0 Å². The number of rotatable bonds is 3. The van der Waals surface area contributed by atoms with Crippen LogP contribution in [0.25, 0.3) is 0 Å². The summed E-state index contributed by atoms with van der Waals surface area (Å²) in [6, 6.07) is 11.2. The Hall–Kier alpha value is -1.35. The zero-order chi connectivity index (χ0) is 13.1. The Bertz CT molecular complexity index is 435. The van der Waals surface area contributed by atoms with E-state index in [0.29, 0.717) is 17.9 Å². The lowest BCUT2D eigenvalue weighted by molar-refractivity contribution is 0.441. The van der Waals surface area contributed by atoms with Crippen molar-refractivity contribution in [2.45, 2.75) is 50.5 Å². The van der Waals surface area contributed by atoms with Crippen LogP contribution >= 0.6 is 0 Å². The molecule has 0 heterocycles. The molecule has 0 amide bonds. The predicted molar refractivity (Wildman–Crippen MR) is 78.9 cm³/mol. The van der Waals surface area contributed by atoms with Crippen molar-refractivity contribution < 1.29 is 0 Å². The molecule has 2 aliphatic carbocycles. The molecule has 1 aromatic carbocycles. The summed E-state index contributed by atoms with van der Waals surface area (Å²) in [6.07, 6.45) is 7.65. The van der Waals surface area contributed by atoms with Crippen LogP contribution < -0.4 is 11.3 Å². The van der Waals surface area contributed by atoms with Crippen LogP contribution in [0.2, 0.25) is 0 Å². The number of hydrogen-bond donors (Lipinski definition) is 2. The minimum absolute atomic E-state index is 0.497. The van der Waals surface area contributed by atoms with Crippen LogP contribution in [-0.4, -0.2) is 11.9 Å². The molecule has 3 rings (SSSR count). The van der Waals surface area contributed by atoms with E-state index >= 15 is 0 Å². The van der Waals surface area contributed by atoms with Gasteiger partial charge >= 0.3 is 0 Å². The number of nitrogens with two attached hydrogens (primary N) is 1. The summed E-state index contributed by atoms with van der Waals surface area (Å²) < 4.78 is 0. The van der Waals surface area contributed by atoms with Gasteiger partial charge in [-0.2, -0.15) is 0 Å². The lowest BCUT2D eigenvalue weighted by Gasteiger charge is -2.19. The second-order valence-corrected chi connectivity index (χ2v) is 5.81. The molecular weight excluding hydrogens is 234 g/mol. The van der Waals surface area contributed by atoms with Gasteiger partial charge in [0, 0.05) is 5.92 Å². The summed E-state index contributed by atoms with van der Waals surface area (Å²) in [6.45, 7) is 0. The van der Waals surface area contributed by atoms with Crippen LogP contribution in [-0.2, 0) is 0 Å². The maximum atomic E-state index is 5.69. The molecule has 19 heavy (non-hydrogen) atoms. The standard InChI is InChI=1S/C16H23N3/c17-19-16(18-13-9-5-2-6-10-13)15-11-14(15)12-7-3-1-4-8-12/h1,3-4,7-8,13-15H,2,5-6,9-11,17H2,(H,18,19). The first-order valence-electron chi connectivity index (χ1n) is 7.47. The molecule has 3 nitrogen and oxygen atoms in total. The Balaban J connectivity index is 1.66. The highest BCUT2D eigenvalue weighted by Crippen LogP contribution is 2.47. The molecule has 3 heteroatoms. The van der Waals surface area contributed by atoms with E-state index in [1.807, 2.05) is 0 Å². The van der Waals surface area contributed by atoms with Crippen molar-refractivity contribution in [3.63, 3.8) is 0 Å². The van der Waals surface area contributed by atoms with Gasteiger partial charge in [0.1, 0.15) is 5.84 Å². The molecule has 0 aromatic heterocycles. The van der Waals surface area contributed by atoms with Gasteiger partial charge in [-0.05, 0) is 30.7 Å². The molecule has 0 saturated heterocycles.